The first-order valence-electron chi connectivity index (χ1n) is 26.9. The van der Waals surface area contributed by atoms with E-state index in [-0.39, 0.29) is 94.4 Å². The first kappa shape index (κ1) is 65.0. The SMILES string of the molecule is C[C@H](CC[C@@H](O)[C@@H](C)C(=O)SCCNC(=O)CCNC(=O)[C@H](O)C(C)(C)COP(=O)([O-])OP(=O)([O-])OC[C@H]1O[C@@H](n2cnc3c(N)ncnc32)[C@H](O)[C@@H]1OP(=O)([O-])[O-])[C@H]1CC[C@H]2[C@@H]3[C@H](O)C[C@@H]4C[C@H](O)CC[C@]4(C)[C@H]3CC(O)C12C. The summed E-state index contributed by atoms with van der Waals surface area (Å²) in [5.41, 5.74) is 3.61. The number of ether oxygens (including phenoxy) is 1. The van der Waals surface area contributed by atoms with Crippen LogP contribution in [0.15, 0.2) is 12.7 Å². The molecule has 10 N–H and O–H groups in total. The van der Waals surface area contributed by atoms with Crippen molar-refractivity contribution in [2.75, 3.05) is 37.8 Å². The van der Waals surface area contributed by atoms with Gasteiger partial charge in [0.2, 0.25) is 11.8 Å². The van der Waals surface area contributed by atoms with E-state index in [1.807, 2.05) is 0 Å². The Balaban J connectivity index is 0.780. The number of nitrogens with one attached hydrogen (secondary N) is 2. The van der Waals surface area contributed by atoms with Gasteiger partial charge in [-0.1, -0.05) is 53.3 Å². The Hall–Kier alpha value is -2.60. The minimum absolute atomic E-state index is 0.0246. The van der Waals surface area contributed by atoms with E-state index in [9.17, 15) is 78.3 Å². The van der Waals surface area contributed by atoms with Crippen molar-refractivity contribution in [3.05, 3.63) is 12.7 Å². The highest BCUT2D eigenvalue weighted by atomic mass is 32.2. The summed E-state index contributed by atoms with van der Waals surface area (Å²) in [6.07, 6.45) is -3.55. The number of nitrogen functional groups attached to an aromatic ring is 1. The molecule has 454 valence electrons. The number of hydrogen-bond donors (Lipinski definition) is 9. The van der Waals surface area contributed by atoms with Gasteiger partial charge in [0.05, 0.1) is 57.7 Å². The molecule has 0 bridgehead atoms. The van der Waals surface area contributed by atoms with Crippen LogP contribution in [0.4, 0.5) is 5.82 Å². The van der Waals surface area contributed by atoms with Crippen molar-refractivity contribution in [1.29, 1.82) is 0 Å². The standard InChI is InChI=1S/C48H80N7O21P3S/c1-24(28-8-9-29-36-30(19-34(59)48(28,29)6)47(5)13-11-27(56)17-26(47)18-32(36)58)7-10-31(57)25(2)45(64)80-16-15-50-35(60)12-14-51-43(63)40(62)46(3,4)21-73-79(70,71)76-78(68,69)72-20-33-39(75-77(65,66)67)38(61)44(74-33)55-23-54-37-41(49)52-22-53-42(37)55/h22-34,36,38-40,44,56-59,61-62H,7-21H2,1-6H3,(H,50,60)(H,51,63)(H,68,69)(H,70,71)(H2,49,52,53)(H2,65,66,67)/p-4/t24-,25-,26+,27-,28-,29+,30+,31-,32-,33-,34?,36+,38-,39-,40+,44-,47+,48?/m1/s1. The van der Waals surface area contributed by atoms with Crippen molar-refractivity contribution in [2.24, 2.45) is 57.7 Å². The number of aromatic nitrogens is 4. The van der Waals surface area contributed by atoms with E-state index in [2.05, 4.69) is 64.2 Å². The number of anilines is 1. The number of rotatable bonds is 25. The first-order chi connectivity index (χ1) is 37.2. The highest BCUT2D eigenvalue weighted by molar-refractivity contribution is 8.13. The number of thioether (sulfide) groups is 1. The van der Waals surface area contributed by atoms with Gasteiger partial charge in [0.15, 0.2) is 22.8 Å². The second-order valence-electron chi connectivity index (χ2n) is 23.6. The van der Waals surface area contributed by atoms with Gasteiger partial charge in [-0.15, -0.1) is 0 Å². The lowest BCUT2D eigenvalue weighted by Gasteiger charge is -2.63. The van der Waals surface area contributed by atoms with Gasteiger partial charge in [-0.3, -0.25) is 28.1 Å². The minimum Gasteiger partial charge on any atom is -0.790 e. The van der Waals surface area contributed by atoms with Gasteiger partial charge in [-0.05, 0) is 104 Å². The van der Waals surface area contributed by atoms with Crippen LogP contribution in [0, 0.1) is 57.7 Å². The summed E-state index contributed by atoms with van der Waals surface area (Å²) in [7, 11) is -17.7. The number of aliphatic hydroxyl groups is 6. The van der Waals surface area contributed by atoms with E-state index >= 15 is 0 Å². The van der Waals surface area contributed by atoms with Crippen LogP contribution in [0.3, 0.4) is 0 Å². The third kappa shape index (κ3) is 14.5. The van der Waals surface area contributed by atoms with Crippen LogP contribution in [0.5, 0.6) is 0 Å². The molecule has 5 aliphatic rings. The van der Waals surface area contributed by atoms with Gasteiger partial charge >= 0.3 is 0 Å². The molecular formula is C48H76N7O21P3S-4. The summed E-state index contributed by atoms with van der Waals surface area (Å²) in [5, 5.41) is 71.4. The Labute approximate surface area is 467 Å². The predicted molar refractivity (Wildman–Crippen MR) is 276 cm³/mol. The third-order valence-corrected chi connectivity index (χ3v) is 22.2. The Kier molecular flexibility index (Phi) is 20.7. The molecule has 2 amide bonds. The van der Waals surface area contributed by atoms with E-state index in [0.29, 0.717) is 32.1 Å². The van der Waals surface area contributed by atoms with Gasteiger partial charge in [-0.25, -0.2) is 19.3 Å². The zero-order valence-corrected chi connectivity index (χ0v) is 48.9. The number of carbonyl (C=O) groups is 3. The van der Waals surface area contributed by atoms with E-state index in [0.717, 1.165) is 54.7 Å². The van der Waals surface area contributed by atoms with Crippen LogP contribution in [-0.2, 0) is 50.7 Å². The molecule has 0 spiro atoms. The molecule has 20 atom stereocenters. The monoisotopic (exact) mass is 1210 g/mol. The summed E-state index contributed by atoms with van der Waals surface area (Å²) in [6, 6.07) is 0. The van der Waals surface area contributed by atoms with Gasteiger partial charge in [0.25, 0.3) is 15.6 Å². The molecule has 80 heavy (non-hydrogen) atoms. The molecule has 28 nitrogen and oxygen atoms in total. The fourth-order valence-corrected chi connectivity index (χ4v) is 17.1. The van der Waals surface area contributed by atoms with Crippen LogP contribution in [0.25, 0.3) is 11.2 Å². The molecule has 2 aromatic rings. The number of nitrogens with two attached hydrogens (primary N) is 1. The maximum Gasteiger partial charge on any atom is 0.274 e. The van der Waals surface area contributed by atoms with Crippen molar-refractivity contribution in [3.63, 3.8) is 0 Å². The van der Waals surface area contributed by atoms with Crippen molar-refractivity contribution < 1.29 is 101 Å². The van der Waals surface area contributed by atoms with Crippen LogP contribution in [0.1, 0.15) is 112 Å². The number of amides is 2. The van der Waals surface area contributed by atoms with Crippen molar-refractivity contribution in [2.45, 2.75) is 161 Å². The summed E-state index contributed by atoms with van der Waals surface area (Å²) in [5.74, 6) is -1.16. The molecule has 4 unspecified atom stereocenters. The second kappa shape index (κ2) is 25.5. The number of fused-ring (bicyclic) bond motifs is 6. The number of hydrogen-bond acceptors (Lipinski definition) is 26. The highest BCUT2D eigenvalue weighted by Crippen LogP contribution is 2.68. The zero-order chi connectivity index (χ0) is 59.1. The van der Waals surface area contributed by atoms with Gasteiger partial charge in [-0.2, -0.15) is 0 Å². The molecule has 4 aliphatic carbocycles. The molecule has 0 aromatic carbocycles. The number of carbonyl (C=O) groups excluding carboxylic acids is 3. The smallest absolute Gasteiger partial charge is 0.274 e. The largest absolute Gasteiger partial charge is 0.790 e. The number of nitrogens with zero attached hydrogens (tertiary/aromatic N) is 4. The van der Waals surface area contributed by atoms with Gasteiger partial charge in [0.1, 0.15) is 36.3 Å². The van der Waals surface area contributed by atoms with Gasteiger partial charge in [0, 0.05) is 30.7 Å². The minimum atomic E-state index is -5.96. The fraction of sp³-hybridized carbons (Fsp3) is 0.833. The third-order valence-electron chi connectivity index (χ3n) is 18.1. The van der Waals surface area contributed by atoms with Crippen molar-refractivity contribution >= 4 is 69.1 Å². The molecular weight excluding hydrogens is 1140 g/mol. The Bertz CT molecular complexity index is 2670. The molecule has 0 radical (unpaired) electrons. The summed E-state index contributed by atoms with van der Waals surface area (Å²) in [6.45, 7) is 8.15. The van der Waals surface area contributed by atoms with E-state index in [4.69, 9.17) is 10.5 Å². The predicted octanol–water partition coefficient (Wildman–Crippen LogP) is -0.489. The van der Waals surface area contributed by atoms with Crippen molar-refractivity contribution in [1.82, 2.24) is 30.2 Å². The lowest BCUT2D eigenvalue weighted by atomic mass is 9.43. The molecule has 1 aliphatic heterocycles. The first-order valence-corrected chi connectivity index (χ1v) is 32.3. The summed E-state index contributed by atoms with van der Waals surface area (Å²) < 4.78 is 61.1. The Morgan fingerprint density at radius 3 is 2.34 bits per heavy atom. The normalized spacial score (nSPS) is 34.7. The molecule has 32 heteroatoms. The number of phosphoric acid groups is 3. The van der Waals surface area contributed by atoms with Crippen molar-refractivity contribution in [3.8, 4) is 0 Å². The van der Waals surface area contributed by atoms with Crippen LogP contribution in [-0.4, -0.2) is 148 Å². The molecule has 3 heterocycles. The molecule has 2 aromatic heterocycles. The number of aliphatic hydroxyl groups excluding tert-OH is 6. The molecule has 7 rings (SSSR count). The fourth-order valence-electron chi connectivity index (χ4n) is 13.6. The van der Waals surface area contributed by atoms with Crippen LogP contribution < -0.4 is 35.9 Å². The molecule has 4 saturated carbocycles. The highest BCUT2D eigenvalue weighted by Gasteiger charge is 2.66. The topological polar surface area (TPSA) is 456 Å². The lowest BCUT2D eigenvalue weighted by Crippen LogP contribution is -2.62. The summed E-state index contributed by atoms with van der Waals surface area (Å²) >= 11 is 0.957. The second-order valence-corrected chi connectivity index (χ2v) is 28.8. The van der Waals surface area contributed by atoms with E-state index < -0.39 is 114 Å². The number of phosphoric ester groups is 3. The van der Waals surface area contributed by atoms with Crippen LogP contribution >= 0.6 is 35.2 Å². The lowest BCUT2D eigenvalue weighted by molar-refractivity contribution is -0.347. The maximum atomic E-state index is 13.1. The van der Waals surface area contributed by atoms with Gasteiger partial charge < -0.3 is 89.5 Å². The Morgan fingerprint density at radius 1 is 0.938 bits per heavy atom. The molecule has 5 fully saturated rings. The average molecular weight is 1210 g/mol. The number of imidazole rings is 1. The van der Waals surface area contributed by atoms with E-state index in [1.54, 1.807) is 6.92 Å². The maximum absolute atomic E-state index is 13.1. The molecule has 1 saturated heterocycles. The Morgan fingerprint density at radius 2 is 1.64 bits per heavy atom. The quantitative estimate of drug-likeness (QED) is 0.0447. The van der Waals surface area contributed by atoms with Crippen LogP contribution in [0.2, 0.25) is 0 Å². The van der Waals surface area contributed by atoms with E-state index in [1.165, 1.54) is 13.8 Å². The zero-order valence-electron chi connectivity index (χ0n) is 45.4. The summed E-state index contributed by atoms with van der Waals surface area (Å²) in [4.78, 5) is 98.5. The average Bonchev–Trinajstić information content (AvgIpc) is 3.66.